The fraction of sp³-hybridized carbons (Fsp3) is 0.197. The van der Waals surface area contributed by atoms with Gasteiger partial charge >= 0.3 is 19.4 Å². The maximum Gasteiger partial charge on any atom is 0.326 e. The fourth-order valence-corrected chi connectivity index (χ4v) is 7.14. The highest BCUT2D eigenvalue weighted by Crippen LogP contribution is 2.30. The summed E-state index contributed by atoms with van der Waals surface area (Å²) in [4.78, 5) is 32.4. The molecule has 0 saturated heterocycles. The summed E-state index contributed by atoms with van der Waals surface area (Å²) in [7, 11) is 0.930. The number of aliphatic hydroxyl groups is 2. The van der Waals surface area contributed by atoms with Gasteiger partial charge in [0.25, 0.3) is 0 Å². The van der Waals surface area contributed by atoms with Crippen LogP contribution < -0.4 is 11.2 Å². The Balaban J connectivity index is 0.000000303. The number of carboxylic acids is 2. The second-order valence-electron chi connectivity index (χ2n) is 18.2. The van der Waals surface area contributed by atoms with Crippen LogP contribution in [0.25, 0.3) is 46.6 Å². The molecule has 7 aromatic rings. The van der Waals surface area contributed by atoms with Crippen LogP contribution >= 0.6 is 0 Å². The number of hydrogen-bond acceptors (Lipinski definition) is 7. The minimum Gasteiger partial charge on any atom is -0.481 e. The molecular weight excluding hydrogens is 958 g/mol. The number of aliphatic hydroxyl groups excluding tert-OH is 2. The van der Waals surface area contributed by atoms with Gasteiger partial charge in [0.1, 0.15) is 29.3 Å². The second-order valence-corrected chi connectivity index (χ2v) is 18.2. The molecule has 75 heavy (non-hydrogen) atoms. The molecule has 0 bridgehead atoms. The summed E-state index contributed by atoms with van der Waals surface area (Å²) in [6, 6.07) is 42.6. The van der Waals surface area contributed by atoms with Crippen LogP contribution in [0.5, 0.6) is 0 Å². The summed E-state index contributed by atoms with van der Waals surface area (Å²) in [5, 5.41) is 43.6. The van der Waals surface area contributed by atoms with Crippen molar-refractivity contribution in [2.75, 3.05) is 13.2 Å². The van der Waals surface area contributed by atoms with Gasteiger partial charge in [0, 0.05) is 5.56 Å². The Bertz CT molecular complexity index is 3050. The van der Waals surface area contributed by atoms with Crippen molar-refractivity contribution in [3.05, 3.63) is 219 Å². The van der Waals surface area contributed by atoms with Gasteiger partial charge in [-0.25, -0.2) is 13.2 Å². The van der Waals surface area contributed by atoms with Crippen LogP contribution in [0.2, 0.25) is 0 Å². The zero-order valence-corrected chi connectivity index (χ0v) is 42.8. The van der Waals surface area contributed by atoms with E-state index in [1.165, 1.54) is 55.5 Å². The highest BCUT2D eigenvalue weighted by molar-refractivity contribution is 6.45. The number of carbonyl (C=O) groups is 3. The van der Waals surface area contributed by atoms with E-state index < -0.39 is 29.5 Å². The topological polar surface area (TPSA) is 210 Å². The van der Waals surface area contributed by atoms with Crippen LogP contribution in [-0.2, 0) is 16.0 Å². The summed E-state index contributed by atoms with van der Waals surface area (Å²) in [6.45, 7) is 10.1. The van der Waals surface area contributed by atoms with Crippen LogP contribution in [0, 0.1) is 50.6 Å². The molecule has 0 amide bonds. The van der Waals surface area contributed by atoms with E-state index in [1.807, 2.05) is 74.5 Å². The first-order chi connectivity index (χ1) is 35.1. The van der Waals surface area contributed by atoms with Crippen LogP contribution in [-0.4, -0.2) is 75.4 Å². The van der Waals surface area contributed by atoms with E-state index >= 15 is 0 Å². The molecule has 10 nitrogen and oxygen atoms in total. The Morgan fingerprint density at radius 1 is 0.573 bits per heavy atom. The predicted octanol–water partition coefficient (Wildman–Crippen LogP) is 10.4. The van der Waals surface area contributed by atoms with Crippen LogP contribution in [0.1, 0.15) is 80.7 Å². The number of aryl methyl sites for hydroxylation is 3. The molecule has 2 atom stereocenters. The highest BCUT2D eigenvalue weighted by Gasteiger charge is 2.32. The lowest BCUT2D eigenvalue weighted by molar-refractivity contribution is -0.150. The number of halogens is 3. The highest BCUT2D eigenvalue weighted by atomic mass is 19.1. The molecule has 0 aliphatic rings. The van der Waals surface area contributed by atoms with E-state index in [4.69, 9.17) is 21.0 Å². The molecule has 9 N–H and O–H groups in total. The summed E-state index contributed by atoms with van der Waals surface area (Å²) in [6.07, 6.45) is 10.0. The maximum absolute atomic E-state index is 13.3. The Kier molecular flexibility index (Phi) is 24.0. The standard InChI is InChI=1S/C28H29FO3.C23H19FO.C6H5BFO.C4H9NO3.H2O/c1-19-7-8-21(15-16-28(3,18-30)27(31)32)17-24(19)10-9-22-5-4-6-26(20(22)2)23-11-13-25(29)14-12-23;1-16-6-7-18(15-25)14-21(16)9-8-19-4-3-5-23(17(19)2)20-10-12-22(24)13-11-20;8-6-3-1-5(7-9)2-4-6;1-4(5,2-6)3(7)8;/h4-14,17,30H,15-16,18H2,1-3H3,(H,31,32);3-15H,1-2H3;1-4,9H;6H,2,5H2,1H3,(H,7,8);1H2/b10-9+;9-8+;;;. The Labute approximate surface area is 437 Å². The van der Waals surface area contributed by atoms with Crippen molar-refractivity contribution in [1.82, 2.24) is 0 Å². The minimum absolute atomic E-state index is 0. The van der Waals surface area contributed by atoms with Gasteiger partial charge in [0.05, 0.1) is 18.6 Å². The van der Waals surface area contributed by atoms with Gasteiger partial charge in [-0.05, 0) is 169 Å². The van der Waals surface area contributed by atoms with Crippen molar-refractivity contribution in [1.29, 1.82) is 0 Å². The van der Waals surface area contributed by atoms with Crippen molar-refractivity contribution < 1.29 is 58.5 Å². The van der Waals surface area contributed by atoms with Crippen molar-refractivity contribution in [3.63, 3.8) is 0 Å². The largest absolute Gasteiger partial charge is 0.481 e. The number of hydrogen-bond donors (Lipinski definition) is 6. The molecule has 7 aromatic carbocycles. The average Bonchev–Trinajstić information content (AvgIpc) is 3.39. The number of aldehydes is 1. The Morgan fingerprint density at radius 3 is 1.39 bits per heavy atom. The van der Waals surface area contributed by atoms with Gasteiger partial charge in [-0.15, -0.1) is 0 Å². The first kappa shape index (κ1) is 61.6. The number of benzene rings is 7. The number of carboxylic acid groups (broad SMARTS) is 2. The van der Waals surface area contributed by atoms with Crippen molar-refractivity contribution >= 4 is 55.5 Å². The molecule has 0 aliphatic heterocycles. The second kappa shape index (κ2) is 29.2. The summed E-state index contributed by atoms with van der Waals surface area (Å²) in [5.74, 6) is -2.95. The molecule has 1 radical (unpaired) electrons. The Morgan fingerprint density at radius 2 is 1.00 bits per heavy atom. The number of rotatable bonds is 15. The van der Waals surface area contributed by atoms with E-state index in [2.05, 4.69) is 50.3 Å². The molecule has 391 valence electrons. The smallest absolute Gasteiger partial charge is 0.326 e. The fourth-order valence-electron chi connectivity index (χ4n) is 7.14. The minimum atomic E-state index is -1.49. The number of nitrogens with two attached hydrogens (primary N) is 1. The zero-order valence-electron chi connectivity index (χ0n) is 42.8. The van der Waals surface area contributed by atoms with Crippen molar-refractivity contribution in [2.45, 2.75) is 59.9 Å². The normalized spacial score (nSPS) is 12.3. The Hall–Kier alpha value is -7.72. The predicted molar refractivity (Wildman–Crippen MR) is 295 cm³/mol. The van der Waals surface area contributed by atoms with E-state index in [0.29, 0.717) is 23.9 Å². The van der Waals surface area contributed by atoms with E-state index in [1.54, 1.807) is 31.2 Å². The van der Waals surface area contributed by atoms with E-state index in [-0.39, 0.29) is 29.5 Å². The SMILES string of the molecule is CC(N)(CO)C(=O)O.Cc1ccc(C=O)cc1/C=C/c1cccc(-c2ccc(F)cc2)c1C.Cc1ccc(CCC(C)(CO)C(=O)O)cc1/C=C/c1cccc(-c2ccc(F)cc2)c1C.O.O[B]c1ccc(F)cc1. The van der Waals surface area contributed by atoms with E-state index in [0.717, 1.165) is 86.1 Å². The quantitative estimate of drug-likeness (QED) is 0.0327. The van der Waals surface area contributed by atoms with Gasteiger partial charge in [-0.1, -0.05) is 133 Å². The monoisotopic (exact) mass is 1020 g/mol. The molecule has 0 fully saturated rings. The summed E-state index contributed by atoms with van der Waals surface area (Å²) >= 11 is 0. The lowest BCUT2D eigenvalue weighted by atomic mass is 9.84. The van der Waals surface area contributed by atoms with Gasteiger partial charge in [0.2, 0.25) is 0 Å². The molecule has 0 aromatic heterocycles. The third-order valence-electron chi connectivity index (χ3n) is 12.4. The van der Waals surface area contributed by atoms with Crippen LogP contribution in [0.3, 0.4) is 0 Å². The average molecular weight is 1020 g/mol. The molecular formula is C61H64BF3NO9. The molecule has 0 spiro atoms. The van der Waals surface area contributed by atoms with Crippen molar-refractivity contribution in [3.8, 4) is 22.3 Å². The summed E-state index contributed by atoms with van der Waals surface area (Å²) < 4.78 is 38.6. The zero-order chi connectivity index (χ0) is 54.6. The van der Waals surface area contributed by atoms with Gasteiger partial charge in [-0.3, -0.25) is 14.4 Å². The lowest BCUT2D eigenvalue weighted by Crippen LogP contribution is -2.48. The molecule has 2 unspecified atom stereocenters. The third-order valence-corrected chi connectivity index (χ3v) is 12.4. The molecule has 7 rings (SSSR count). The van der Waals surface area contributed by atoms with Gasteiger partial charge < -0.3 is 36.7 Å². The first-order valence-corrected chi connectivity index (χ1v) is 23.6. The molecule has 0 aliphatic carbocycles. The number of carbonyl (C=O) groups excluding carboxylic acids is 1. The first-order valence-electron chi connectivity index (χ1n) is 23.6. The van der Waals surface area contributed by atoms with Gasteiger partial charge in [-0.2, -0.15) is 0 Å². The van der Waals surface area contributed by atoms with Gasteiger partial charge in [0.15, 0.2) is 0 Å². The number of aliphatic carboxylic acids is 2. The van der Waals surface area contributed by atoms with E-state index in [9.17, 15) is 37.8 Å². The third kappa shape index (κ3) is 18.3. The maximum atomic E-state index is 13.3. The molecule has 14 heteroatoms. The van der Waals surface area contributed by atoms with Crippen molar-refractivity contribution in [2.24, 2.45) is 11.1 Å². The lowest BCUT2D eigenvalue weighted by Gasteiger charge is -2.21. The molecule has 0 heterocycles. The molecule has 0 saturated carbocycles. The van der Waals surface area contributed by atoms with Crippen LogP contribution in [0.4, 0.5) is 13.2 Å². The van der Waals surface area contributed by atoms with Crippen LogP contribution in [0.15, 0.2) is 146 Å². The summed E-state index contributed by atoms with van der Waals surface area (Å²) in [5.41, 5.74) is 17.6.